The van der Waals surface area contributed by atoms with Gasteiger partial charge >= 0.3 is 5.97 Å². The number of hydrogen-bond donors (Lipinski definition) is 3. The van der Waals surface area contributed by atoms with Crippen molar-refractivity contribution in [1.82, 2.24) is 4.98 Å². The Labute approximate surface area is 197 Å². The highest BCUT2D eigenvalue weighted by Gasteiger charge is 2.43. The van der Waals surface area contributed by atoms with Gasteiger partial charge in [0.2, 0.25) is 0 Å². The van der Waals surface area contributed by atoms with Gasteiger partial charge in [-0.05, 0) is 29.3 Å². The fraction of sp³-hybridized carbons (Fsp3) is 0.111. The zero-order chi connectivity index (χ0) is 24.1. The molecular weight excluding hydrogens is 430 g/mol. The third-order valence-corrected chi connectivity index (χ3v) is 5.87. The van der Waals surface area contributed by atoms with Crippen LogP contribution >= 0.6 is 0 Å². The number of nitrogens with one attached hydrogen (secondary N) is 1. The summed E-state index contributed by atoms with van der Waals surface area (Å²) in [4.78, 5) is 16.5. The minimum absolute atomic E-state index is 0.0288. The highest BCUT2D eigenvalue weighted by Crippen LogP contribution is 2.50. The Morgan fingerprint density at radius 1 is 0.853 bits per heavy atom. The van der Waals surface area contributed by atoms with Gasteiger partial charge in [-0.15, -0.1) is 0 Å². The number of pyridine rings is 1. The van der Waals surface area contributed by atoms with Crippen LogP contribution in [0.5, 0.6) is 11.5 Å². The standard InChI is InChI=1S/C27H25N3O4/c1-33-22-15-9-14-21(24(22)34-2)27(18-10-5-3-6-11-18,19-12-7-4-8-13-19)23-17-16-20(26(31)32)25(29-23)30-28/h3-17H,28H2,1-2H3,(H,29,30)(H,31,32). The van der Waals surface area contributed by atoms with Gasteiger partial charge in [-0.1, -0.05) is 72.8 Å². The van der Waals surface area contributed by atoms with Gasteiger partial charge in [0.05, 0.1) is 25.3 Å². The van der Waals surface area contributed by atoms with Gasteiger partial charge in [0, 0.05) is 5.56 Å². The van der Waals surface area contributed by atoms with Crippen LogP contribution in [0.4, 0.5) is 5.82 Å². The van der Waals surface area contributed by atoms with Crippen molar-refractivity contribution in [3.05, 3.63) is 119 Å². The molecule has 34 heavy (non-hydrogen) atoms. The number of methoxy groups -OCH3 is 2. The van der Waals surface area contributed by atoms with E-state index in [2.05, 4.69) is 5.43 Å². The van der Waals surface area contributed by atoms with E-state index in [0.717, 1.165) is 16.7 Å². The van der Waals surface area contributed by atoms with E-state index in [1.807, 2.05) is 78.9 Å². The molecule has 4 rings (SSSR count). The number of aromatic carboxylic acids is 1. The van der Waals surface area contributed by atoms with E-state index in [1.54, 1.807) is 20.3 Å². The summed E-state index contributed by atoms with van der Waals surface area (Å²) in [6.45, 7) is 0. The second-order valence-electron chi connectivity index (χ2n) is 7.57. The van der Waals surface area contributed by atoms with Crippen molar-refractivity contribution in [3.8, 4) is 11.5 Å². The van der Waals surface area contributed by atoms with Crippen LogP contribution in [0.3, 0.4) is 0 Å². The Kier molecular flexibility index (Phi) is 6.47. The zero-order valence-corrected chi connectivity index (χ0v) is 18.9. The Hall–Kier alpha value is -4.36. The predicted molar refractivity (Wildman–Crippen MR) is 130 cm³/mol. The number of ether oxygens (including phenoxy) is 2. The predicted octanol–water partition coefficient (Wildman–Crippen LogP) is 4.47. The number of para-hydroxylation sites is 1. The van der Waals surface area contributed by atoms with E-state index >= 15 is 0 Å². The number of hydrogen-bond acceptors (Lipinski definition) is 6. The topological polar surface area (TPSA) is 107 Å². The Morgan fingerprint density at radius 3 is 1.97 bits per heavy atom. The smallest absolute Gasteiger partial charge is 0.339 e. The Morgan fingerprint density at radius 2 is 1.47 bits per heavy atom. The maximum atomic E-state index is 11.8. The van der Waals surface area contributed by atoms with Crippen molar-refractivity contribution in [1.29, 1.82) is 0 Å². The number of anilines is 1. The highest BCUT2D eigenvalue weighted by molar-refractivity contribution is 5.93. The molecule has 0 radical (unpaired) electrons. The fourth-order valence-electron chi connectivity index (χ4n) is 4.42. The van der Waals surface area contributed by atoms with E-state index in [4.69, 9.17) is 20.3 Å². The third kappa shape index (κ3) is 3.72. The molecule has 0 saturated heterocycles. The van der Waals surface area contributed by atoms with Crippen molar-refractivity contribution in [2.24, 2.45) is 5.84 Å². The van der Waals surface area contributed by atoms with Crippen LogP contribution < -0.4 is 20.7 Å². The summed E-state index contributed by atoms with van der Waals surface area (Å²) in [6, 6.07) is 28.6. The summed E-state index contributed by atoms with van der Waals surface area (Å²) in [5.41, 5.74) is 4.60. The number of nitrogens with zero attached hydrogens (tertiary/aromatic N) is 1. The van der Waals surface area contributed by atoms with Crippen molar-refractivity contribution < 1.29 is 19.4 Å². The average molecular weight is 456 g/mol. The highest BCUT2D eigenvalue weighted by atomic mass is 16.5. The molecule has 0 aliphatic rings. The number of nitrogen functional groups attached to an aromatic ring is 1. The first-order chi connectivity index (χ1) is 16.6. The number of rotatable bonds is 8. The van der Waals surface area contributed by atoms with Crippen LogP contribution in [-0.4, -0.2) is 30.3 Å². The first-order valence-corrected chi connectivity index (χ1v) is 10.6. The Balaban J connectivity index is 2.20. The van der Waals surface area contributed by atoms with E-state index in [0.29, 0.717) is 17.2 Å². The zero-order valence-electron chi connectivity index (χ0n) is 18.9. The quantitative estimate of drug-likeness (QED) is 0.204. The molecule has 7 nitrogen and oxygen atoms in total. The summed E-state index contributed by atoms with van der Waals surface area (Å²) >= 11 is 0. The van der Waals surface area contributed by atoms with Crippen LogP contribution in [-0.2, 0) is 5.41 Å². The van der Waals surface area contributed by atoms with Crippen LogP contribution in [0.15, 0.2) is 91.0 Å². The maximum absolute atomic E-state index is 11.8. The van der Waals surface area contributed by atoms with Gasteiger partial charge in [0.1, 0.15) is 5.56 Å². The molecule has 0 fully saturated rings. The number of carboxylic acid groups (broad SMARTS) is 1. The second-order valence-corrected chi connectivity index (χ2v) is 7.57. The average Bonchev–Trinajstić information content (AvgIpc) is 2.90. The van der Waals surface area contributed by atoms with Crippen LogP contribution in [0.2, 0.25) is 0 Å². The minimum atomic E-state index is -1.13. The lowest BCUT2D eigenvalue weighted by Gasteiger charge is -2.37. The third-order valence-electron chi connectivity index (χ3n) is 5.87. The molecule has 0 saturated carbocycles. The summed E-state index contributed by atoms with van der Waals surface area (Å²) in [5.74, 6) is 5.74. The van der Waals surface area contributed by atoms with Crippen molar-refractivity contribution in [2.75, 3.05) is 19.6 Å². The Bertz CT molecular complexity index is 1250. The maximum Gasteiger partial charge on any atom is 0.339 e. The SMILES string of the molecule is COc1cccc(C(c2ccccc2)(c2ccccc2)c2ccc(C(=O)O)c(NN)n2)c1OC. The van der Waals surface area contributed by atoms with E-state index in [1.165, 1.54) is 6.07 Å². The molecule has 0 bridgehead atoms. The van der Waals surface area contributed by atoms with Crippen molar-refractivity contribution in [2.45, 2.75) is 5.41 Å². The second kappa shape index (κ2) is 9.64. The molecule has 4 aromatic rings. The first-order valence-electron chi connectivity index (χ1n) is 10.6. The summed E-state index contributed by atoms with van der Waals surface area (Å²) in [6.07, 6.45) is 0. The van der Waals surface area contributed by atoms with Crippen LogP contribution in [0.1, 0.15) is 32.7 Å². The summed E-state index contributed by atoms with van der Waals surface area (Å²) < 4.78 is 11.5. The largest absolute Gasteiger partial charge is 0.493 e. The number of nitrogens with two attached hydrogens (primary N) is 1. The molecule has 0 aliphatic carbocycles. The van der Waals surface area contributed by atoms with Crippen molar-refractivity contribution in [3.63, 3.8) is 0 Å². The van der Waals surface area contributed by atoms with Crippen molar-refractivity contribution >= 4 is 11.8 Å². The number of aromatic nitrogens is 1. The fourth-order valence-corrected chi connectivity index (χ4v) is 4.42. The molecule has 0 atom stereocenters. The van der Waals surface area contributed by atoms with Gasteiger partial charge in [-0.25, -0.2) is 15.6 Å². The molecule has 1 aromatic heterocycles. The number of carbonyl (C=O) groups is 1. The molecule has 3 aromatic carbocycles. The molecule has 1 heterocycles. The van der Waals surface area contributed by atoms with Gasteiger partial charge in [0.25, 0.3) is 0 Å². The lowest BCUT2D eigenvalue weighted by atomic mass is 9.66. The molecule has 0 unspecified atom stereocenters. The van der Waals surface area contributed by atoms with Gasteiger partial charge in [-0.3, -0.25) is 0 Å². The number of hydrazine groups is 1. The minimum Gasteiger partial charge on any atom is -0.493 e. The molecule has 7 heteroatoms. The monoisotopic (exact) mass is 455 g/mol. The molecule has 0 amide bonds. The molecule has 0 aliphatic heterocycles. The normalized spacial score (nSPS) is 11.0. The van der Waals surface area contributed by atoms with Gasteiger partial charge in [0.15, 0.2) is 17.3 Å². The molecule has 172 valence electrons. The lowest BCUT2D eigenvalue weighted by Crippen LogP contribution is -2.33. The van der Waals surface area contributed by atoms with E-state index < -0.39 is 11.4 Å². The first kappa shape index (κ1) is 22.8. The summed E-state index contributed by atoms with van der Waals surface area (Å²) in [5, 5.41) is 9.62. The van der Waals surface area contributed by atoms with Crippen LogP contribution in [0, 0.1) is 0 Å². The number of benzene rings is 3. The number of carboxylic acids is 1. The van der Waals surface area contributed by atoms with Gasteiger partial charge in [-0.2, -0.15) is 0 Å². The molecule has 0 spiro atoms. The van der Waals surface area contributed by atoms with Crippen LogP contribution in [0.25, 0.3) is 0 Å². The van der Waals surface area contributed by atoms with E-state index in [-0.39, 0.29) is 11.4 Å². The van der Waals surface area contributed by atoms with Gasteiger partial charge < -0.3 is 20.0 Å². The molecule has 4 N–H and O–H groups in total. The lowest BCUT2D eigenvalue weighted by molar-refractivity contribution is 0.0697. The van der Waals surface area contributed by atoms with E-state index in [9.17, 15) is 9.90 Å². The summed E-state index contributed by atoms with van der Waals surface area (Å²) in [7, 11) is 3.18. The molecular formula is C27H25N3O4.